The molecule has 0 spiro atoms. The van der Waals surface area contributed by atoms with Gasteiger partial charge in [-0.2, -0.15) is 8.42 Å². The second kappa shape index (κ2) is 51.8. The Morgan fingerprint density at radius 1 is 0.400 bits per heavy atom. The zero-order valence-electron chi connectivity index (χ0n) is 84.2. The number of nitrogens with zero attached hydrogens (tertiary/aromatic N) is 12. The number of aliphatic hydroxyl groups is 2. The van der Waals surface area contributed by atoms with E-state index >= 15 is 8.78 Å². The Balaban J connectivity index is 0.000000277. The highest BCUT2D eigenvalue weighted by molar-refractivity contribution is 7.86. The van der Waals surface area contributed by atoms with E-state index < -0.39 is 187 Å². The minimum Gasteiger partial charge on any atom is -0.444 e. The van der Waals surface area contributed by atoms with E-state index in [-0.39, 0.29) is 201 Å². The van der Waals surface area contributed by atoms with E-state index in [4.69, 9.17) is 103 Å². The molecule has 145 heavy (non-hydrogen) atoms. The minimum atomic E-state index is -3.84. The number of likely N-dealkylation sites (tertiary alicyclic amines) is 5. The number of halogens is 13. The van der Waals surface area contributed by atoms with Gasteiger partial charge in [-0.05, 0) is 219 Å². The summed E-state index contributed by atoms with van der Waals surface area (Å²) >= 11 is 28.8. The van der Waals surface area contributed by atoms with Gasteiger partial charge in [-0.15, -0.1) is 0 Å². The molecule has 5 aliphatic rings. The summed E-state index contributed by atoms with van der Waals surface area (Å²) in [5.74, 6) is -4.87. The smallest absolute Gasteiger partial charge is 0.411 e. The van der Waals surface area contributed by atoms with Crippen molar-refractivity contribution in [2.75, 3.05) is 85.9 Å². The number of ketones is 5. The maximum absolute atomic E-state index is 15.4. The maximum atomic E-state index is 15.4. The normalized spacial score (nSPS) is 22.0. The van der Waals surface area contributed by atoms with Crippen LogP contribution in [0, 0.1) is 29.1 Å². The predicted molar refractivity (Wildman–Crippen MR) is 528 cm³/mol. The van der Waals surface area contributed by atoms with Crippen LogP contribution in [0.5, 0.6) is 0 Å². The lowest BCUT2D eigenvalue weighted by Crippen LogP contribution is -2.44. The Kier molecular flexibility index (Phi) is 44.2. The van der Waals surface area contributed by atoms with Crippen LogP contribution in [-0.4, -0.2) is 280 Å². The second-order valence-corrected chi connectivity index (χ2v) is 45.3. The van der Waals surface area contributed by atoms with Crippen molar-refractivity contribution in [3.05, 3.63) is 194 Å². The van der Waals surface area contributed by atoms with Gasteiger partial charge in [0.2, 0.25) is 0 Å². The van der Waals surface area contributed by atoms with Crippen LogP contribution in [0.2, 0.25) is 25.1 Å². The molecular weight excluding hydrogens is 2040 g/mol. The van der Waals surface area contributed by atoms with Crippen molar-refractivity contribution in [1.29, 1.82) is 0 Å². The van der Waals surface area contributed by atoms with Gasteiger partial charge in [0.05, 0.1) is 120 Å². The molecule has 0 aromatic heterocycles. The number of β-amino-alcohol motifs (C(OH)–C–C–N with tert-alkyl or cyclic N) is 2. The van der Waals surface area contributed by atoms with Gasteiger partial charge in [-0.25, -0.2) is 59.1 Å². The number of hydrogen-bond donors (Lipinski definition) is 3. The van der Waals surface area contributed by atoms with E-state index in [9.17, 15) is 92.9 Å². The monoisotopic (exact) mass is 2170 g/mol. The van der Waals surface area contributed by atoms with Crippen LogP contribution >= 0.6 is 58.0 Å². The number of azide groups is 2. The van der Waals surface area contributed by atoms with Crippen molar-refractivity contribution >= 4 is 128 Å². The Bertz CT molecular complexity index is 5550. The van der Waals surface area contributed by atoms with Gasteiger partial charge in [0.25, 0.3) is 10.1 Å². The van der Waals surface area contributed by atoms with Crippen molar-refractivity contribution in [3.8, 4) is 0 Å². The lowest BCUT2D eigenvalue weighted by molar-refractivity contribution is -0.124. The Morgan fingerprint density at radius 2 is 0.628 bits per heavy atom. The highest BCUT2D eigenvalue weighted by Gasteiger charge is 2.55. The molecular formula is C98H128Cl5F8N13O20S. The molecule has 5 heterocycles. The van der Waals surface area contributed by atoms with Crippen molar-refractivity contribution in [1.82, 2.24) is 29.4 Å². The Morgan fingerprint density at radius 3 is 0.883 bits per heavy atom. The Hall–Kier alpha value is -9.94. The largest absolute Gasteiger partial charge is 0.444 e. The number of nitrogens with two attached hydrogens (primary N) is 1. The summed E-state index contributed by atoms with van der Waals surface area (Å²) in [6.45, 7) is 22.0. The first-order valence-electron chi connectivity index (χ1n) is 46.3. The van der Waals surface area contributed by atoms with E-state index in [1.54, 1.807) is 159 Å². The standard InChI is InChI=1S/C21H29ClF2N2O3.C20H27ClFNO7S.C19H23ClF2N4O3.C19H25ClF2N2O3.C19H24ClFN4O4/c1-20(2,3)29-19(28)26-13-21(24,12-25(4)5)11-16(26)17(27)10-9-14-7-6-8-15(22)18(14)23;1-19(2,3)30-18(25)23-11-20(26,12-29-31(4,27)28)10-15(23)16(24)9-8-13-6-5-7-14(21)17(13)22;1-18(2,3)29-17(28)26-11-19(22,10-24-25-23)9-14(26)15(27)8-7-12-5-4-6-13(20)16(12)21;1-18(2,3)27-17(26)24-11-19(22,10-23)9-14(24)15(25)8-7-12-5-4-6-13(20)16(12)21;1-18(2,3)29-17(27)25-11-19(28,10-23-24-22)9-14(25)15(26)8-7-12-5-4-6-13(20)16(12)21/h6-8,16H,9-13H2,1-5H3;5-7,15,26H,8-12H2,1-4H3;4-6,14H,7-11H2,1-3H3;4-6,14H,7-11,23H2,1-3H3;4-6,14,28H,7-11H2,1-3H3/t16-,21-;15-,20-;2*14-,19-;14-,19+/m00000/s1. The molecule has 47 heteroatoms. The number of rotatable bonds is 30. The molecule has 0 saturated carbocycles. The number of aryl methyl sites for hydroxylation is 5. The topological polar surface area (TPSA) is 444 Å². The maximum Gasteiger partial charge on any atom is 0.411 e. The molecule has 5 aromatic rings. The number of carbonyl (C=O) groups excluding carboxylic acids is 10. The molecule has 5 amide bonds. The third-order valence-corrected chi connectivity index (χ3v) is 24.7. The average Bonchev–Trinajstić information content (AvgIpc) is 1.65. The predicted octanol–water partition coefficient (Wildman–Crippen LogP) is 19.7. The van der Waals surface area contributed by atoms with Crippen LogP contribution in [0.25, 0.3) is 20.9 Å². The van der Waals surface area contributed by atoms with Crippen molar-refractivity contribution in [2.24, 2.45) is 16.0 Å². The average molecular weight is 2170 g/mol. The van der Waals surface area contributed by atoms with E-state index in [0.717, 1.165) is 25.9 Å². The molecule has 0 aliphatic carbocycles. The quantitative estimate of drug-likeness (QED) is 0.00959. The van der Waals surface area contributed by atoms with Crippen LogP contribution in [0.15, 0.2) is 101 Å². The van der Waals surface area contributed by atoms with Crippen LogP contribution in [0.4, 0.5) is 59.1 Å². The zero-order valence-corrected chi connectivity index (χ0v) is 88.8. The van der Waals surface area contributed by atoms with Crippen molar-refractivity contribution < 1.29 is 130 Å². The summed E-state index contributed by atoms with van der Waals surface area (Å²) in [5, 5.41) is 27.9. The Labute approximate surface area is 863 Å². The molecule has 0 bridgehead atoms. The molecule has 802 valence electrons. The molecule has 33 nitrogen and oxygen atoms in total. The van der Waals surface area contributed by atoms with Gasteiger partial charge in [-0.3, -0.25) is 52.7 Å². The SMILES string of the molecule is CC(C)(C)OC(=O)N1C[C@@](F)(CN)C[C@H]1C(=O)CCc1cccc(Cl)c1F.CC(C)(C)OC(=O)N1C[C@@](F)(CN=[N+]=[N-])C[C@H]1C(=O)CCc1cccc(Cl)c1F.CC(C)(C)OC(=O)N1C[C@](O)(CN=[N+]=[N-])C[C@H]1C(=O)CCc1cccc(Cl)c1F.CC(C)(C)OC(=O)N1C[C@](O)(COS(C)(=O)=O)C[C@H]1C(=O)CCc1cccc(Cl)c1F.CN(C)C[C@@]1(F)C[C@@H](C(=O)CCc2cccc(Cl)c2F)N(C(=O)OC(C)(C)C)C1. The first-order valence-corrected chi connectivity index (χ1v) is 50.0. The summed E-state index contributed by atoms with van der Waals surface area (Å²) in [7, 11) is -0.378. The minimum absolute atomic E-state index is 0.0139. The fourth-order valence-corrected chi connectivity index (χ4v) is 17.7. The molecule has 5 aliphatic heterocycles. The summed E-state index contributed by atoms with van der Waals surface area (Å²) < 4.78 is 169. The molecule has 10 atom stereocenters. The molecule has 5 aromatic carbocycles. The van der Waals surface area contributed by atoms with Gasteiger partial charge in [-0.1, -0.05) is 129 Å². The third-order valence-electron chi connectivity index (χ3n) is 22.7. The summed E-state index contributed by atoms with van der Waals surface area (Å²) in [6.07, 6.45) is -3.96. The van der Waals surface area contributed by atoms with Crippen LogP contribution in [0.1, 0.15) is 196 Å². The summed E-state index contributed by atoms with van der Waals surface area (Å²) in [4.78, 5) is 139. The number of carbonyl (C=O) groups is 10. The second-order valence-electron chi connectivity index (χ2n) is 41.6. The first kappa shape index (κ1) is 124. The number of benzene rings is 5. The summed E-state index contributed by atoms with van der Waals surface area (Å²) in [6, 6.07) is 17.6. The van der Waals surface area contributed by atoms with Crippen LogP contribution in [-0.2, 0) is 94.1 Å². The highest BCUT2D eigenvalue weighted by atomic mass is 35.5. The number of alkyl halides is 3. The first-order chi connectivity index (χ1) is 66.8. The van der Waals surface area contributed by atoms with Gasteiger partial charge >= 0.3 is 30.5 Å². The van der Waals surface area contributed by atoms with E-state index in [1.807, 2.05) is 0 Å². The van der Waals surface area contributed by atoms with Gasteiger partial charge < -0.3 is 44.5 Å². The van der Waals surface area contributed by atoms with E-state index in [2.05, 4.69) is 20.1 Å². The molecule has 10 rings (SSSR count). The van der Waals surface area contributed by atoms with Crippen LogP contribution in [0.3, 0.4) is 0 Å². The fraction of sp³-hybridized carbons (Fsp3) is 0.592. The molecule has 4 N–H and O–H groups in total. The van der Waals surface area contributed by atoms with E-state index in [1.165, 1.54) is 59.5 Å². The number of ether oxygens (including phenoxy) is 5. The van der Waals surface area contributed by atoms with Crippen LogP contribution < -0.4 is 5.73 Å². The summed E-state index contributed by atoms with van der Waals surface area (Å²) in [5.41, 5.74) is 11.0. The van der Waals surface area contributed by atoms with Gasteiger partial charge in [0.15, 0.2) is 28.9 Å². The molecule has 0 unspecified atom stereocenters. The van der Waals surface area contributed by atoms with E-state index in [0.29, 0.717) is 11.1 Å². The van der Waals surface area contributed by atoms with Gasteiger partial charge in [0.1, 0.15) is 79.7 Å². The number of amides is 5. The van der Waals surface area contributed by atoms with Crippen molar-refractivity contribution in [3.63, 3.8) is 0 Å². The molecule has 5 saturated heterocycles. The lowest BCUT2D eigenvalue weighted by Gasteiger charge is -2.28. The fourth-order valence-electron chi connectivity index (χ4n) is 16.3. The third kappa shape index (κ3) is 38.9. The lowest BCUT2D eigenvalue weighted by atomic mass is 9.96. The number of hydrogen-bond acceptors (Lipinski definition) is 24. The van der Waals surface area contributed by atoms with Crippen molar-refractivity contribution in [2.45, 2.75) is 287 Å². The highest BCUT2D eigenvalue weighted by Crippen LogP contribution is 2.41. The zero-order chi connectivity index (χ0) is 110. The molecule has 0 radical (unpaired) electrons. The van der Waals surface area contributed by atoms with Gasteiger partial charge in [0, 0.05) is 87.1 Å². The molecule has 5 fully saturated rings. The number of Topliss-reactive ketones (excluding diaryl/α,β-unsaturated/α-hetero) is 5.